The molecule has 1 aromatic rings. The van der Waals surface area contributed by atoms with Crippen molar-refractivity contribution in [2.45, 2.75) is 65.2 Å². The van der Waals surface area contributed by atoms with Crippen molar-refractivity contribution >= 4 is 0 Å². The number of fused-ring (bicyclic) bond motifs is 1. The largest absolute Gasteiger partial charge is 0.486 e. The third-order valence-corrected chi connectivity index (χ3v) is 4.28. The van der Waals surface area contributed by atoms with Crippen molar-refractivity contribution in [3.63, 3.8) is 0 Å². The molecule has 1 heterocycles. The number of aliphatic hydroxyl groups excluding tert-OH is 1. The molecular formula is C18H29NO2. The van der Waals surface area contributed by atoms with E-state index in [0.29, 0.717) is 0 Å². The van der Waals surface area contributed by atoms with Gasteiger partial charge in [-0.1, -0.05) is 25.5 Å². The zero-order valence-corrected chi connectivity index (χ0v) is 14.0. The second-order valence-electron chi connectivity index (χ2n) is 6.67. The van der Waals surface area contributed by atoms with Crippen LogP contribution in [0.25, 0.3) is 0 Å². The normalized spacial score (nSPS) is 23.8. The van der Waals surface area contributed by atoms with Crippen molar-refractivity contribution < 1.29 is 9.84 Å². The summed E-state index contributed by atoms with van der Waals surface area (Å²) in [7, 11) is 0. The van der Waals surface area contributed by atoms with E-state index in [0.717, 1.165) is 42.8 Å². The minimum Gasteiger partial charge on any atom is -0.486 e. The Kier molecular flexibility index (Phi) is 4.95. The Labute approximate surface area is 128 Å². The van der Waals surface area contributed by atoms with Crippen molar-refractivity contribution in [3.05, 3.63) is 29.3 Å². The Hall–Kier alpha value is -1.06. The predicted octanol–water partition coefficient (Wildman–Crippen LogP) is 3.69. The third kappa shape index (κ3) is 3.24. The summed E-state index contributed by atoms with van der Waals surface area (Å²) in [5, 5.41) is 11.0. The third-order valence-electron chi connectivity index (χ3n) is 4.28. The standard InChI is InChI=1S/C18H29NO2/c1-6-10-19(11-7-2)17-16(20)14-12-13(3)8-9-15(14)21-18(17,4)5/h8-9,12,16-17,20H,6-7,10-11H2,1-5H3. The van der Waals surface area contributed by atoms with E-state index in [1.165, 1.54) is 0 Å². The Bertz CT molecular complexity index is 478. The predicted molar refractivity (Wildman–Crippen MR) is 86.8 cm³/mol. The first kappa shape index (κ1) is 16.3. The first-order chi connectivity index (χ1) is 9.90. The van der Waals surface area contributed by atoms with Gasteiger partial charge in [0.2, 0.25) is 0 Å². The molecular weight excluding hydrogens is 262 g/mol. The second-order valence-corrected chi connectivity index (χ2v) is 6.67. The lowest BCUT2D eigenvalue weighted by atomic mass is 9.84. The summed E-state index contributed by atoms with van der Waals surface area (Å²) < 4.78 is 6.23. The molecule has 0 aliphatic carbocycles. The van der Waals surface area contributed by atoms with E-state index >= 15 is 0 Å². The van der Waals surface area contributed by atoms with Crippen LogP contribution < -0.4 is 4.74 Å². The van der Waals surface area contributed by atoms with Crippen LogP contribution in [0.5, 0.6) is 5.75 Å². The van der Waals surface area contributed by atoms with Gasteiger partial charge in [0.15, 0.2) is 0 Å². The Morgan fingerprint density at radius 2 is 1.81 bits per heavy atom. The maximum atomic E-state index is 11.0. The first-order valence-electron chi connectivity index (χ1n) is 8.12. The van der Waals surface area contributed by atoms with Gasteiger partial charge in [-0.25, -0.2) is 0 Å². The molecule has 21 heavy (non-hydrogen) atoms. The van der Waals surface area contributed by atoms with Crippen LogP contribution in [0.3, 0.4) is 0 Å². The molecule has 2 unspecified atom stereocenters. The van der Waals surface area contributed by atoms with Gasteiger partial charge in [0.05, 0.1) is 6.04 Å². The molecule has 1 aliphatic heterocycles. The van der Waals surface area contributed by atoms with Crippen molar-refractivity contribution in [2.24, 2.45) is 0 Å². The SMILES string of the molecule is CCCN(CCC)C1C(O)c2cc(C)ccc2OC1(C)C. The number of ether oxygens (including phenoxy) is 1. The Morgan fingerprint density at radius 3 is 2.38 bits per heavy atom. The first-order valence-corrected chi connectivity index (χ1v) is 8.12. The van der Waals surface area contributed by atoms with Crippen LogP contribution in [0.2, 0.25) is 0 Å². The van der Waals surface area contributed by atoms with E-state index in [1.807, 2.05) is 12.1 Å². The van der Waals surface area contributed by atoms with E-state index in [4.69, 9.17) is 4.74 Å². The Morgan fingerprint density at radius 1 is 1.19 bits per heavy atom. The van der Waals surface area contributed by atoms with E-state index < -0.39 is 11.7 Å². The molecule has 0 bridgehead atoms. The molecule has 0 aromatic heterocycles. The van der Waals surface area contributed by atoms with E-state index in [-0.39, 0.29) is 6.04 Å². The van der Waals surface area contributed by atoms with Gasteiger partial charge in [0, 0.05) is 5.56 Å². The fraction of sp³-hybridized carbons (Fsp3) is 0.667. The van der Waals surface area contributed by atoms with Crippen LogP contribution in [0.1, 0.15) is 57.8 Å². The van der Waals surface area contributed by atoms with Crippen LogP contribution in [-0.4, -0.2) is 34.7 Å². The fourth-order valence-corrected chi connectivity index (χ4v) is 3.49. The van der Waals surface area contributed by atoms with E-state index in [9.17, 15) is 5.11 Å². The van der Waals surface area contributed by atoms with Gasteiger partial charge in [0.25, 0.3) is 0 Å². The quantitative estimate of drug-likeness (QED) is 0.898. The molecule has 1 aromatic carbocycles. The van der Waals surface area contributed by atoms with Gasteiger partial charge in [0.1, 0.15) is 17.5 Å². The Balaban J connectivity index is 2.40. The highest BCUT2D eigenvalue weighted by atomic mass is 16.5. The van der Waals surface area contributed by atoms with Gasteiger partial charge in [-0.05, 0) is 58.8 Å². The monoisotopic (exact) mass is 291 g/mol. The summed E-state index contributed by atoms with van der Waals surface area (Å²) in [4.78, 5) is 2.38. The molecule has 0 saturated heterocycles. The van der Waals surface area contributed by atoms with Crippen LogP contribution in [-0.2, 0) is 0 Å². The summed E-state index contributed by atoms with van der Waals surface area (Å²) >= 11 is 0. The number of rotatable bonds is 5. The zero-order valence-electron chi connectivity index (χ0n) is 14.0. The van der Waals surface area contributed by atoms with Crippen molar-refractivity contribution in [3.8, 4) is 5.75 Å². The highest BCUT2D eigenvalue weighted by Crippen LogP contribution is 2.42. The number of aryl methyl sites for hydroxylation is 1. The summed E-state index contributed by atoms with van der Waals surface area (Å²) in [6, 6.07) is 6.07. The highest BCUT2D eigenvalue weighted by Gasteiger charge is 2.45. The molecule has 3 heteroatoms. The molecule has 118 valence electrons. The van der Waals surface area contributed by atoms with Crippen molar-refractivity contribution in [1.82, 2.24) is 4.90 Å². The number of hydrogen-bond acceptors (Lipinski definition) is 3. The number of aliphatic hydroxyl groups is 1. The summed E-state index contributed by atoms with van der Waals surface area (Å²) in [6.45, 7) is 12.6. The smallest absolute Gasteiger partial charge is 0.126 e. The number of hydrogen-bond donors (Lipinski definition) is 1. The lowest BCUT2D eigenvalue weighted by molar-refractivity contribution is -0.0827. The molecule has 2 rings (SSSR count). The highest BCUT2D eigenvalue weighted by molar-refractivity contribution is 5.42. The van der Waals surface area contributed by atoms with Crippen LogP contribution >= 0.6 is 0 Å². The number of nitrogens with zero attached hydrogens (tertiary/aromatic N) is 1. The second kappa shape index (κ2) is 6.37. The fourth-order valence-electron chi connectivity index (χ4n) is 3.49. The minimum absolute atomic E-state index is 0.00769. The minimum atomic E-state index is -0.498. The zero-order chi connectivity index (χ0) is 15.6. The van der Waals surface area contributed by atoms with Gasteiger partial charge < -0.3 is 9.84 Å². The van der Waals surface area contributed by atoms with Crippen molar-refractivity contribution in [1.29, 1.82) is 0 Å². The molecule has 1 N–H and O–H groups in total. The molecule has 3 nitrogen and oxygen atoms in total. The summed E-state index contributed by atoms with van der Waals surface area (Å²) in [6.07, 6.45) is 1.67. The molecule has 2 atom stereocenters. The van der Waals surface area contributed by atoms with Crippen LogP contribution in [0.15, 0.2) is 18.2 Å². The maximum absolute atomic E-state index is 11.0. The molecule has 0 saturated carbocycles. The molecule has 0 radical (unpaired) electrons. The molecule has 0 amide bonds. The average Bonchev–Trinajstić information content (AvgIpc) is 2.40. The topological polar surface area (TPSA) is 32.7 Å². The molecule has 1 aliphatic rings. The van der Waals surface area contributed by atoms with Crippen LogP contribution in [0, 0.1) is 6.92 Å². The van der Waals surface area contributed by atoms with Gasteiger partial charge in [-0.3, -0.25) is 4.90 Å². The lowest BCUT2D eigenvalue weighted by Gasteiger charge is -2.48. The summed E-state index contributed by atoms with van der Waals surface area (Å²) in [5.74, 6) is 0.822. The maximum Gasteiger partial charge on any atom is 0.126 e. The van der Waals surface area contributed by atoms with E-state index in [2.05, 4.69) is 45.6 Å². The molecule has 0 fully saturated rings. The lowest BCUT2D eigenvalue weighted by Crippen LogP contribution is -2.58. The van der Waals surface area contributed by atoms with E-state index in [1.54, 1.807) is 0 Å². The molecule has 0 spiro atoms. The summed E-state index contributed by atoms with van der Waals surface area (Å²) in [5.41, 5.74) is 1.69. The van der Waals surface area contributed by atoms with Gasteiger partial charge in [-0.15, -0.1) is 0 Å². The van der Waals surface area contributed by atoms with Crippen LogP contribution in [0.4, 0.5) is 0 Å². The van der Waals surface area contributed by atoms with Crippen molar-refractivity contribution in [2.75, 3.05) is 13.1 Å². The average molecular weight is 291 g/mol. The van der Waals surface area contributed by atoms with Gasteiger partial charge in [-0.2, -0.15) is 0 Å². The number of benzene rings is 1. The van der Waals surface area contributed by atoms with Gasteiger partial charge >= 0.3 is 0 Å².